The van der Waals surface area contributed by atoms with E-state index in [1.807, 2.05) is 26.0 Å². The van der Waals surface area contributed by atoms with Gasteiger partial charge in [0.2, 0.25) is 5.91 Å². The smallest absolute Gasteiger partial charge is 0.249 e. The maximum Gasteiger partial charge on any atom is 0.249 e. The van der Waals surface area contributed by atoms with Gasteiger partial charge in [-0.25, -0.2) is 0 Å². The summed E-state index contributed by atoms with van der Waals surface area (Å²) in [6.45, 7) is 7.68. The number of halogens is 1. The third kappa shape index (κ3) is 2.41. The van der Waals surface area contributed by atoms with Crippen LogP contribution in [0.2, 0.25) is 0 Å². The largest absolute Gasteiger partial charge is 0.386 e. The number of aliphatic hydroxyl groups is 1. The van der Waals surface area contributed by atoms with Crippen molar-refractivity contribution in [2.24, 2.45) is 5.73 Å². The number of primary amides is 1. The van der Waals surface area contributed by atoms with E-state index in [9.17, 15) is 9.90 Å². The third-order valence-corrected chi connectivity index (χ3v) is 5.36. The SMILES string of the molecule is Cc1cc(C(C)(C)O)c(C)c2c1-c1c(Br)ccc(C(N)=O)c1C2. The Kier molecular flexibility index (Phi) is 3.65. The van der Waals surface area contributed by atoms with Crippen LogP contribution in [0.25, 0.3) is 11.1 Å². The first-order valence-electron chi connectivity index (χ1n) is 7.60. The van der Waals surface area contributed by atoms with Gasteiger partial charge in [0.1, 0.15) is 0 Å². The van der Waals surface area contributed by atoms with Gasteiger partial charge < -0.3 is 10.8 Å². The fourth-order valence-corrected chi connectivity index (χ4v) is 4.24. The number of carbonyl (C=O) groups is 1. The van der Waals surface area contributed by atoms with E-state index < -0.39 is 11.5 Å². The van der Waals surface area contributed by atoms with Crippen LogP contribution >= 0.6 is 15.9 Å². The Morgan fingerprint density at radius 3 is 2.43 bits per heavy atom. The third-order valence-electron chi connectivity index (χ3n) is 4.70. The van der Waals surface area contributed by atoms with Crippen molar-refractivity contribution in [3.63, 3.8) is 0 Å². The number of hydrogen-bond acceptors (Lipinski definition) is 2. The number of hydrogen-bond donors (Lipinski definition) is 2. The van der Waals surface area contributed by atoms with Crippen LogP contribution in [0.4, 0.5) is 0 Å². The summed E-state index contributed by atoms with van der Waals surface area (Å²) in [4.78, 5) is 11.8. The second kappa shape index (κ2) is 5.18. The molecule has 1 amide bonds. The Labute approximate surface area is 144 Å². The van der Waals surface area contributed by atoms with Crippen LogP contribution in [0.1, 0.15) is 52.0 Å². The zero-order valence-corrected chi connectivity index (χ0v) is 15.3. The molecule has 4 heteroatoms. The van der Waals surface area contributed by atoms with Crippen molar-refractivity contribution in [3.8, 4) is 11.1 Å². The van der Waals surface area contributed by atoms with Crippen LogP contribution < -0.4 is 5.73 Å². The average molecular weight is 374 g/mol. The van der Waals surface area contributed by atoms with E-state index in [1.54, 1.807) is 19.9 Å². The molecule has 0 aromatic heterocycles. The summed E-state index contributed by atoms with van der Waals surface area (Å²) >= 11 is 3.62. The summed E-state index contributed by atoms with van der Waals surface area (Å²) in [5.41, 5.74) is 12.7. The van der Waals surface area contributed by atoms with Gasteiger partial charge in [-0.15, -0.1) is 0 Å². The quantitative estimate of drug-likeness (QED) is 0.713. The molecule has 0 saturated carbocycles. The molecule has 3 rings (SSSR count). The van der Waals surface area contributed by atoms with E-state index in [4.69, 9.17) is 5.73 Å². The average Bonchev–Trinajstić information content (AvgIpc) is 2.83. The van der Waals surface area contributed by atoms with Crippen molar-refractivity contribution >= 4 is 21.8 Å². The molecule has 120 valence electrons. The van der Waals surface area contributed by atoms with Crippen LogP contribution in [0.15, 0.2) is 22.7 Å². The number of amides is 1. The summed E-state index contributed by atoms with van der Waals surface area (Å²) in [6, 6.07) is 5.71. The molecule has 3 N–H and O–H groups in total. The molecular formula is C19H20BrNO2. The minimum absolute atomic E-state index is 0.403. The van der Waals surface area contributed by atoms with E-state index in [0.29, 0.717) is 12.0 Å². The summed E-state index contributed by atoms with van der Waals surface area (Å²) in [5.74, 6) is -0.403. The molecule has 0 unspecified atom stereocenters. The van der Waals surface area contributed by atoms with Crippen molar-refractivity contribution < 1.29 is 9.90 Å². The van der Waals surface area contributed by atoms with E-state index >= 15 is 0 Å². The first-order valence-corrected chi connectivity index (χ1v) is 8.39. The number of aryl methyl sites for hydroxylation is 1. The van der Waals surface area contributed by atoms with Gasteiger partial charge in [-0.2, -0.15) is 0 Å². The van der Waals surface area contributed by atoms with Crippen molar-refractivity contribution in [1.82, 2.24) is 0 Å². The molecule has 0 aliphatic heterocycles. The number of benzene rings is 2. The summed E-state index contributed by atoms with van der Waals surface area (Å²) < 4.78 is 0.967. The minimum atomic E-state index is -0.900. The Morgan fingerprint density at radius 2 is 1.87 bits per heavy atom. The zero-order chi connectivity index (χ0) is 17.1. The van der Waals surface area contributed by atoms with E-state index in [1.165, 1.54) is 5.56 Å². The Bertz CT molecular complexity index is 848. The van der Waals surface area contributed by atoms with E-state index in [0.717, 1.165) is 37.9 Å². The monoisotopic (exact) mass is 373 g/mol. The molecule has 1 aliphatic carbocycles. The van der Waals surface area contributed by atoms with Crippen LogP contribution in [0.5, 0.6) is 0 Å². The Balaban J connectivity index is 2.35. The first-order chi connectivity index (χ1) is 10.6. The summed E-state index contributed by atoms with van der Waals surface area (Å²) in [5, 5.41) is 10.5. The molecule has 0 atom stereocenters. The maximum atomic E-state index is 11.8. The van der Waals surface area contributed by atoms with Crippen molar-refractivity contribution in [1.29, 1.82) is 0 Å². The van der Waals surface area contributed by atoms with Gasteiger partial charge in [-0.05, 0) is 79.6 Å². The van der Waals surface area contributed by atoms with Crippen LogP contribution in [0.3, 0.4) is 0 Å². The van der Waals surface area contributed by atoms with Gasteiger partial charge in [0, 0.05) is 15.6 Å². The summed E-state index contributed by atoms with van der Waals surface area (Å²) in [6.07, 6.45) is 0.666. The lowest BCUT2D eigenvalue weighted by Gasteiger charge is -2.24. The van der Waals surface area contributed by atoms with Gasteiger partial charge >= 0.3 is 0 Å². The molecule has 0 heterocycles. The topological polar surface area (TPSA) is 63.3 Å². The van der Waals surface area contributed by atoms with Gasteiger partial charge in [-0.3, -0.25) is 4.79 Å². The molecule has 0 radical (unpaired) electrons. The lowest BCUT2D eigenvalue weighted by molar-refractivity contribution is 0.0778. The van der Waals surface area contributed by atoms with Crippen molar-refractivity contribution in [2.45, 2.75) is 39.7 Å². The maximum absolute atomic E-state index is 11.8. The van der Waals surface area contributed by atoms with Crippen LogP contribution in [-0.2, 0) is 12.0 Å². The molecule has 1 aliphatic rings. The fraction of sp³-hybridized carbons (Fsp3) is 0.316. The zero-order valence-electron chi connectivity index (χ0n) is 13.7. The fourth-order valence-electron chi connectivity index (χ4n) is 3.67. The highest BCUT2D eigenvalue weighted by atomic mass is 79.9. The highest BCUT2D eigenvalue weighted by Gasteiger charge is 2.31. The number of fused-ring (bicyclic) bond motifs is 3. The van der Waals surface area contributed by atoms with Crippen molar-refractivity contribution in [3.05, 3.63) is 56.1 Å². The van der Waals surface area contributed by atoms with E-state index in [2.05, 4.69) is 15.9 Å². The van der Waals surface area contributed by atoms with Crippen LogP contribution in [0, 0.1) is 13.8 Å². The molecule has 23 heavy (non-hydrogen) atoms. The molecule has 0 fully saturated rings. The molecule has 2 aromatic carbocycles. The van der Waals surface area contributed by atoms with Crippen molar-refractivity contribution in [2.75, 3.05) is 0 Å². The normalized spacial score (nSPS) is 13.0. The first kappa shape index (κ1) is 16.2. The second-order valence-corrected chi connectivity index (χ2v) is 7.62. The molecular weight excluding hydrogens is 354 g/mol. The standard InChI is InChI=1S/C19H20BrNO2/c1-9-7-14(19(3,4)23)10(2)12-8-13-11(18(21)22)5-6-15(20)17(13)16(9)12/h5-7,23H,8H2,1-4H3,(H2,21,22). The second-order valence-electron chi connectivity index (χ2n) is 6.77. The number of rotatable bonds is 2. The molecule has 0 bridgehead atoms. The molecule has 3 nitrogen and oxygen atoms in total. The van der Waals surface area contributed by atoms with Gasteiger partial charge in [0.25, 0.3) is 0 Å². The summed E-state index contributed by atoms with van der Waals surface area (Å²) in [7, 11) is 0. The Morgan fingerprint density at radius 1 is 1.22 bits per heavy atom. The predicted molar refractivity (Wildman–Crippen MR) is 95.6 cm³/mol. The lowest BCUT2D eigenvalue weighted by atomic mass is 9.86. The number of nitrogens with two attached hydrogens (primary N) is 1. The van der Waals surface area contributed by atoms with Crippen LogP contribution in [-0.4, -0.2) is 11.0 Å². The predicted octanol–water partition coefficient (Wildman–Crippen LogP) is 3.96. The highest BCUT2D eigenvalue weighted by Crippen LogP contribution is 2.47. The number of carbonyl (C=O) groups excluding carboxylic acids is 1. The highest BCUT2D eigenvalue weighted by molar-refractivity contribution is 9.10. The molecule has 0 spiro atoms. The van der Waals surface area contributed by atoms with Gasteiger partial charge in [0.15, 0.2) is 0 Å². The lowest BCUT2D eigenvalue weighted by Crippen LogP contribution is -2.18. The molecule has 0 saturated heterocycles. The van der Waals surface area contributed by atoms with E-state index in [-0.39, 0.29) is 0 Å². The van der Waals surface area contributed by atoms with Gasteiger partial charge in [-0.1, -0.05) is 22.0 Å². The minimum Gasteiger partial charge on any atom is -0.386 e. The van der Waals surface area contributed by atoms with Gasteiger partial charge in [0.05, 0.1) is 5.60 Å². The molecule has 2 aromatic rings. The Hall–Kier alpha value is -1.65.